The minimum atomic E-state index is -0.179. The molecule has 0 saturated heterocycles. The number of aryl methyl sites for hydroxylation is 2. The monoisotopic (exact) mass is 369 g/mol. The van der Waals surface area contributed by atoms with Gasteiger partial charge in [0.2, 0.25) is 0 Å². The normalized spacial score (nSPS) is 11.5. The van der Waals surface area contributed by atoms with Gasteiger partial charge in [0, 0.05) is 11.8 Å². The summed E-state index contributed by atoms with van der Waals surface area (Å²) in [6, 6.07) is 5.92. The molecule has 0 spiro atoms. The number of thiazole rings is 1. The number of hydrogen-bond acceptors (Lipinski definition) is 5. The highest BCUT2D eigenvalue weighted by Gasteiger charge is 2.14. The Kier molecular flexibility index (Phi) is 8.18. The van der Waals surface area contributed by atoms with Crippen LogP contribution in [0.1, 0.15) is 33.5 Å². The Balaban J connectivity index is 0.00000288. The molecule has 0 aliphatic heterocycles. The van der Waals surface area contributed by atoms with E-state index in [1.807, 2.05) is 39.0 Å². The average molecular weight is 370 g/mol. The van der Waals surface area contributed by atoms with Gasteiger partial charge in [0.15, 0.2) is 0 Å². The Morgan fingerprint density at radius 2 is 2.04 bits per heavy atom. The number of aromatic nitrogens is 1. The Morgan fingerprint density at radius 3 is 2.67 bits per heavy atom. The zero-order chi connectivity index (χ0) is 16.8. The van der Waals surface area contributed by atoms with Gasteiger partial charge >= 0.3 is 0 Å². The molecule has 1 aromatic heterocycles. The maximum Gasteiger partial charge on any atom is 0.271 e. The first-order valence-electron chi connectivity index (χ1n) is 7.65. The van der Waals surface area contributed by atoms with Crippen LogP contribution in [0.15, 0.2) is 23.6 Å². The molecule has 1 unspecified atom stereocenters. The van der Waals surface area contributed by atoms with Crippen molar-refractivity contribution in [2.75, 3.05) is 13.2 Å². The van der Waals surface area contributed by atoms with E-state index in [0.717, 1.165) is 21.9 Å². The van der Waals surface area contributed by atoms with E-state index in [4.69, 9.17) is 10.5 Å². The molecule has 5 nitrogen and oxygen atoms in total. The van der Waals surface area contributed by atoms with Gasteiger partial charge in [-0.05, 0) is 38.4 Å². The zero-order valence-corrected chi connectivity index (χ0v) is 15.8. The van der Waals surface area contributed by atoms with Crippen molar-refractivity contribution in [3.8, 4) is 5.75 Å². The van der Waals surface area contributed by atoms with Gasteiger partial charge in [-0.15, -0.1) is 23.7 Å². The van der Waals surface area contributed by atoms with E-state index in [9.17, 15) is 4.79 Å². The van der Waals surface area contributed by atoms with Crippen LogP contribution in [0.3, 0.4) is 0 Å². The maximum absolute atomic E-state index is 12.2. The number of nitrogens with two attached hydrogens (primary N) is 1. The van der Waals surface area contributed by atoms with Crippen LogP contribution in [0, 0.1) is 13.8 Å². The summed E-state index contributed by atoms with van der Waals surface area (Å²) in [5, 5.41) is 5.56. The molecule has 0 fully saturated rings. The molecule has 24 heavy (non-hydrogen) atoms. The standard InChI is InChI=1S/C17H23N3O2S.ClH/c1-11-5-4-6-12(2)16(11)22-9-13(3)19-17(21)14-10-23-15(20-14)7-8-18;/h4-6,10,13H,7-9,18H2,1-3H3,(H,19,21);1H. The third-order valence-electron chi connectivity index (χ3n) is 3.41. The van der Waals surface area contributed by atoms with Crippen molar-refractivity contribution in [2.24, 2.45) is 5.73 Å². The molecule has 0 radical (unpaired) electrons. The summed E-state index contributed by atoms with van der Waals surface area (Å²) in [5.74, 6) is 0.703. The number of halogens is 1. The van der Waals surface area contributed by atoms with Crippen LogP contribution >= 0.6 is 23.7 Å². The predicted molar refractivity (Wildman–Crippen MR) is 100 cm³/mol. The van der Waals surface area contributed by atoms with Gasteiger partial charge in [-0.3, -0.25) is 4.79 Å². The molecule has 1 atom stereocenters. The second-order valence-corrected chi connectivity index (χ2v) is 6.51. The number of benzene rings is 1. The highest BCUT2D eigenvalue weighted by molar-refractivity contribution is 7.09. The van der Waals surface area contributed by atoms with Gasteiger partial charge in [0.25, 0.3) is 5.91 Å². The summed E-state index contributed by atoms with van der Waals surface area (Å²) in [5.41, 5.74) is 8.12. The van der Waals surface area contributed by atoms with Crippen LogP contribution in [-0.2, 0) is 6.42 Å². The molecule has 3 N–H and O–H groups in total. The molecule has 2 aromatic rings. The van der Waals surface area contributed by atoms with Crippen LogP contribution in [0.2, 0.25) is 0 Å². The topological polar surface area (TPSA) is 77.2 Å². The average Bonchev–Trinajstić information content (AvgIpc) is 2.96. The number of carbonyl (C=O) groups is 1. The minimum absolute atomic E-state index is 0. The van der Waals surface area contributed by atoms with E-state index in [0.29, 0.717) is 25.3 Å². The largest absolute Gasteiger partial charge is 0.491 e. The van der Waals surface area contributed by atoms with Crippen LogP contribution < -0.4 is 15.8 Å². The van der Waals surface area contributed by atoms with Crippen molar-refractivity contribution < 1.29 is 9.53 Å². The van der Waals surface area contributed by atoms with Crippen molar-refractivity contribution in [1.82, 2.24) is 10.3 Å². The first-order chi connectivity index (χ1) is 11.0. The summed E-state index contributed by atoms with van der Waals surface area (Å²) in [4.78, 5) is 16.4. The van der Waals surface area contributed by atoms with Crippen LogP contribution in [0.4, 0.5) is 0 Å². The lowest BCUT2D eigenvalue weighted by molar-refractivity contribution is 0.0922. The Labute approximate surface area is 153 Å². The van der Waals surface area contributed by atoms with E-state index in [2.05, 4.69) is 10.3 Å². The first-order valence-corrected chi connectivity index (χ1v) is 8.53. The van der Waals surface area contributed by atoms with Gasteiger partial charge in [-0.2, -0.15) is 0 Å². The van der Waals surface area contributed by atoms with Crippen molar-refractivity contribution >= 4 is 29.7 Å². The molecular formula is C17H24ClN3O2S. The number of ether oxygens (including phenoxy) is 1. The number of nitrogens with one attached hydrogen (secondary N) is 1. The summed E-state index contributed by atoms with van der Waals surface area (Å²) in [7, 11) is 0. The Morgan fingerprint density at radius 1 is 1.38 bits per heavy atom. The SMILES string of the molecule is Cc1cccc(C)c1OCC(C)NC(=O)c1csc(CCN)n1.Cl. The quantitative estimate of drug-likeness (QED) is 0.786. The molecule has 132 valence electrons. The van der Waals surface area contributed by atoms with Gasteiger partial charge in [-0.1, -0.05) is 18.2 Å². The molecule has 7 heteroatoms. The van der Waals surface area contributed by atoms with E-state index in [1.54, 1.807) is 5.38 Å². The van der Waals surface area contributed by atoms with Crippen LogP contribution in [0.25, 0.3) is 0 Å². The lowest BCUT2D eigenvalue weighted by Gasteiger charge is -2.17. The predicted octanol–water partition coefficient (Wildman–Crippen LogP) is 2.88. The summed E-state index contributed by atoms with van der Waals surface area (Å²) >= 11 is 1.46. The third-order valence-corrected chi connectivity index (χ3v) is 4.32. The Hall–Kier alpha value is -1.63. The molecule has 1 amide bonds. The fraction of sp³-hybridized carbons (Fsp3) is 0.412. The van der Waals surface area contributed by atoms with Crippen molar-refractivity contribution in [3.05, 3.63) is 45.4 Å². The summed E-state index contributed by atoms with van der Waals surface area (Å²) < 4.78 is 5.86. The number of para-hydroxylation sites is 1. The van der Waals surface area contributed by atoms with Gasteiger partial charge < -0.3 is 15.8 Å². The molecule has 0 saturated carbocycles. The van der Waals surface area contributed by atoms with Crippen molar-refractivity contribution in [2.45, 2.75) is 33.2 Å². The van der Waals surface area contributed by atoms with Crippen molar-refractivity contribution in [1.29, 1.82) is 0 Å². The third kappa shape index (κ3) is 5.47. The van der Waals surface area contributed by atoms with Crippen LogP contribution in [0.5, 0.6) is 5.75 Å². The van der Waals surface area contributed by atoms with E-state index >= 15 is 0 Å². The lowest BCUT2D eigenvalue weighted by atomic mass is 10.1. The Bertz CT molecular complexity index is 655. The fourth-order valence-electron chi connectivity index (χ4n) is 2.23. The molecule has 1 aromatic carbocycles. The van der Waals surface area contributed by atoms with Gasteiger partial charge in [-0.25, -0.2) is 4.98 Å². The van der Waals surface area contributed by atoms with Crippen molar-refractivity contribution in [3.63, 3.8) is 0 Å². The molecular weight excluding hydrogens is 346 g/mol. The molecule has 0 aliphatic rings. The smallest absolute Gasteiger partial charge is 0.271 e. The maximum atomic E-state index is 12.2. The second-order valence-electron chi connectivity index (χ2n) is 5.57. The van der Waals surface area contributed by atoms with Gasteiger partial charge in [0.05, 0.1) is 11.0 Å². The molecule has 0 bridgehead atoms. The second kappa shape index (κ2) is 9.61. The van der Waals surface area contributed by atoms with Gasteiger partial charge in [0.1, 0.15) is 18.1 Å². The molecule has 0 aliphatic carbocycles. The number of hydrogen-bond donors (Lipinski definition) is 2. The van der Waals surface area contributed by atoms with E-state index in [-0.39, 0.29) is 24.4 Å². The highest BCUT2D eigenvalue weighted by atomic mass is 35.5. The first kappa shape index (κ1) is 20.4. The molecule has 2 rings (SSSR count). The highest BCUT2D eigenvalue weighted by Crippen LogP contribution is 2.22. The number of carbonyl (C=O) groups excluding carboxylic acids is 1. The summed E-state index contributed by atoms with van der Waals surface area (Å²) in [6.07, 6.45) is 0.698. The molecule has 1 heterocycles. The number of rotatable bonds is 7. The lowest BCUT2D eigenvalue weighted by Crippen LogP contribution is -2.37. The van der Waals surface area contributed by atoms with Crippen LogP contribution in [-0.4, -0.2) is 30.1 Å². The minimum Gasteiger partial charge on any atom is -0.491 e. The zero-order valence-electron chi connectivity index (χ0n) is 14.2. The number of nitrogens with zero attached hydrogens (tertiary/aromatic N) is 1. The van der Waals surface area contributed by atoms with E-state index < -0.39 is 0 Å². The van der Waals surface area contributed by atoms with E-state index in [1.165, 1.54) is 11.3 Å². The fourth-order valence-corrected chi connectivity index (χ4v) is 3.02. The number of amides is 1. The summed E-state index contributed by atoms with van der Waals surface area (Å²) in [6.45, 7) is 6.89.